The van der Waals surface area contributed by atoms with E-state index < -0.39 is 11.1 Å². The first-order valence-electron chi connectivity index (χ1n) is 15.7. The van der Waals surface area contributed by atoms with Gasteiger partial charge in [0.1, 0.15) is 0 Å². The molecule has 4 aromatic heterocycles. The maximum atomic E-state index is 13.7. The molecular weight excluding hydrogens is 607 g/mol. The molecule has 0 spiro atoms. The van der Waals surface area contributed by atoms with Crippen molar-refractivity contribution in [3.8, 4) is 22.4 Å². The lowest BCUT2D eigenvalue weighted by molar-refractivity contribution is -0.0991. The predicted octanol–water partition coefficient (Wildman–Crippen LogP) is 7.36. The highest BCUT2D eigenvalue weighted by Crippen LogP contribution is 2.54. The molecule has 8 nitrogen and oxygen atoms in total. The van der Waals surface area contributed by atoms with Crippen molar-refractivity contribution in [2.75, 3.05) is 0 Å². The average Bonchev–Trinajstić information content (AvgIpc) is 3.83. The van der Waals surface area contributed by atoms with E-state index in [1.54, 1.807) is 42.5 Å². The lowest BCUT2D eigenvalue weighted by atomic mass is 9.59. The SMILES string of the molecule is CC1(O)CC(C2=CC=C(c3nc4c(cnc5cc(-c6ccsc6)nn54)cc3-c3ccccc3)CC2)(N2C(=O)c3ccccc3C2=O)C1. The maximum absolute atomic E-state index is 13.7. The quantitative estimate of drug-likeness (QED) is 0.199. The van der Waals surface area contributed by atoms with Crippen LogP contribution in [0.5, 0.6) is 0 Å². The normalized spacial score (nSPS) is 22.4. The van der Waals surface area contributed by atoms with E-state index in [0.717, 1.165) is 55.9 Å². The third-order valence-corrected chi connectivity index (χ3v) is 10.5. The van der Waals surface area contributed by atoms with Crippen LogP contribution in [0.3, 0.4) is 0 Å². The number of carbonyl (C=O) groups excluding carboxylic acids is 2. The van der Waals surface area contributed by atoms with Gasteiger partial charge >= 0.3 is 0 Å². The number of nitrogens with zero attached hydrogens (tertiary/aromatic N) is 5. The second-order valence-electron chi connectivity index (χ2n) is 13.0. The Labute approximate surface area is 274 Å². The topological polar surface area (TPSA) is 101 Å². The van der Waals surface area contributed by atoms with E-state index in [2.05, 4.69) is 29.7 Å². The first-order chi connectivity index (χ1) is 22.8. The number of carbonyl (C=O) groups is 2. The number of rotatable bonds is 5. The summed E-state index contributed by atoms with van der Waals surface area (Å²) in [6, 6.07) is 23.3. The van der Waals surface area contributed by atoms with Gasteiger partial charge in [-0.2, -0.15) is 21.0 Å². The van der Waals surface area contributed by atoms with Gasteiger partial charge < -0.3 is 5.11 Å². The third kappa shape index (κ3) is 4.27. The van der Waals surface area contributed by atoms with Gasteiger partial charge in [-0.15, -0.1) is 0 Å². The molecule has 2 amide bonds. The van der Waals surface area contributed by atoms with Crippen LogP contribution in [0.1, 0.15) is 59.0 Å². The Kier molecular flexibility index (Phi) is 6.03. The van der Waals surface area contributed by atoms with Gasteiger partial charge in [-0.25, -0.2) is 9.97 Å². The summed E-state index contributed by atoms with van der Waals surface area (Å²) in [5.41, 5.74) is 7.27. The number of aliphatic hydroxyl groups is 1. The van der Waals surface area contributed by atoms with Crippen LogP contribution in [-0.4, -0.2) is 52.5 Å². The van der Waals surface area contributed by atoms with E-state index in [9.17, 15) is 14.7 Å². The molecule has 0 bridgehead atoms. The molecule has 1 saturated carbocycles. The number of thiophene rings is 1. The summed E-state index contributed by atoms with van der Waals surface area (Å²) in [5.74, 6) is -0.587. The average molecular weight is 636 g/mol. The minimum absolute atomic E-state index is 0.294. The highest BCUT2D eigenvalue weighted by molar-refractivity contribution is 7.08. The van der Waals surface area contributed by atoms with Crippen molar-refractivity contribution in [1.82, 2.24) is 24.5 Å². The van der Waals surface area contributed by atoms with Crippen LogP contribution in [0.15, 0.2) is 107 Å². The van der Waals surface area contributed by atoms with E-state index in [-0.39, 0.29) is 11.8 Å². The Bertz CT molecular complexity index is 2290. The number of aromatic nitrogens is 4. The summed E-state index contributed by atoms with van der Waals surface area (Å²) in [6.45, 7) is 1.77. The van der Waals surface area contributed by atoms with Gasteiger partial charge in [-0.1, -0.05) is 54.6 Å². The molecule has 0 saturated heterocycles. The second-order valence-corrected chi connectivity index (χ2v) is 13.8. The molecule has 1 fully saturated rings. The van der Waals surface area contributed by atoms with Gasteiger partial charge in [-0.3, -0.25) is 14.5 Å². The van der Waals surface area contributed by atoms with Gasteiger partial charge in [0.05, 0.1) is 33.7 Å². The first-order valence-corrected chi connectivity index (χ1v) is 16.6. The molecule has 1 N–H and O–H groups in total. The molecular formula is C38H29N5O3S. The predicted molar refractivity (Wildman–Crippen MR) is 182 cm³/mol. The molecule has 9 heteroatoms. The molecule has 0 unspecified atom stereocenters. The largest absolute Gasteiger partial charge is 0.390 e. The van der Waals surface area contributed by atoms with Crippen LogP contribution in [0, 0.1) is 0 Å². The summed E-state index contributed by atoms with van der Waals surface area (Å²) in [4.78, 5) is 38.7. The molecule has 0 atom stereocenters. The first kappa shape index (κ1) is 28.0. The van der Waals surface area contributed by atoms with Gasteiger partial charge in [0.2, 0.25) is 0 Å². The number of hydrogen-bond donors (Lipinski definition) is 1. The Balaban J connectivity index is 1.17. The lowest BCUT2D eigenvalue weighted by Gasteiger charge is -2.57. The number of hydrogen-bond acceptors (Lipinski definition) is 7. The fourth-order valence-corrected chi connectivity index (χ4v) is 8.36. The molecule has 47 heavy (non-hydrogen) atoms. The van der Waals surface area contributed by atoms with E-state index >= 15 is 0 Å². The Hall–Kier alpha value is -5.25. The van der Waals surface area contributed by atoms with Crippen LogP contribution in [0.25, 0.3) is 44.6 Å². The highest BCUT2D eigenvalue weighted by atomic mass is 32.1. The molecule has 3 aliphatic rings. The van der Waals surface area contributed by atoms with Crippen molar-refractivity contribution in [3.63, 3.8) is 0 Å². The maximum Gasteiger partial charge on any atom is 0.262 e. The fourth-order valence-electron chi connectivity index (χ4n) is 7.71. The number of pyridine rings is 1. The van der Waals surface area contributed by atoms with Crippen LogP contribution in [0.4, 0.5) is 0 Å². The van der Waals surface area contributed by atoms with E-state index in [0.29, 0.717) is 36.8 Å². The zero-order chi connectivity index (χ0) is 31.9. The van der Waals surface area contributed by atoms with Crippen LogP contribution in [-0.2, 0) is 0 Å². The summed E-state index contributed by atoms with van der Waals surface area (Å²) >= 11 is 1.63. The zero-order valence-corrected chi connectivity index (χ0v) is 26.4. The minimum atomic E-state index is -0.967. The van der Waals surface area contributed by atoms with Crippen LogP contribution < -0.4 is 0 Å². The van der Waals surface area contributed by atoms with Gasteiger partial charge in [-0.05, 0) is 66.1 Å². The van der Waals surface area contributed by atoms with E-state index in [4.69, 9.17) is 15.1 Å². The van der Waals surface area contributed by atoms with Crippen molar-refractivity contribution in [2.45, 2.75) is 43.7 Å². The molecule has 1 aliphatic heterocycles. The molecule has 9 rings (SSSR count). The summed E-state index contributed by atoms with van der Waals surface area (Å²) in [7, 11) is 0. The van der Waals surface area contributed by atoms with Crippen molar-refractivity contribution >= 4 is 45.4 Å². The molecule has 2 aromatic carbocycles. The number of fused-ring (bicyclic) bond motifs is 4. The molecule has 2 aliphatic carbocycles. The molecule has 5 heterocycles. The van der Waals surface area contributed by atoms with Crippen molar-refractivity contribution in [2.24, 2.45) is 0 Å². The fraction of sp³-hybridized carbons (Fsp3) is 0.184. The standard InChI is InChI=1S/C38H29N5O3S/c1-37(46)21-38(22-37,42-35(44)28-9-5-6-10-29(28)36(42)45)27-13-11-24(12-14-27)33-30(23-7-3-2-4-8-23)17-26-19-39-32-18-31(25-15-16-47-20-25)41-43(32)34(26)40-33/h2-11,13,15-20,46H,12,14,21-22H2,1H3. The van der Waals surface area contributed by atoms with Crippen LogP contribution in [0.2, 0.25) is 0 Å². The van der Waals surface area contributed by atoms with E-state index in [1.807, 2.05) is 52.5 Å². The molecule has 6 aromatic rings. The molecule has 230 valence electrons. The Morgan fingerprint density at radius 2 is 1.60 bits per heavy atom. The number of allylic oxidation sites excluding steroid dienone is 3. The monoisotopic (exact) mass is 635 g/mol. The van der Waals surface area contributed by atoms with Crippen LogP contribution >= 0.6 is 11.3 Å². The summed E-state index contributed by atoms with van der Waals surface area (Å²) < 4.78 is 1.82. The smallest absolute Gasteiger partial charge is 0.262 e. The third-order valence-electron chi connectivity index (χ3n) is 9.78. The zero-order valence-electron chi connectivity index (χ0n) is 25.6. The molecule has 0 radical (unpaired) electrons. The Morgan fingerprint density at radius 3 is 2.26 bits per heavy atom. The van der Waals surface area contributed by atoms with Gasteiger partial charge in [0.25, 0.3) is 11.8 Å². The summed E-state index contributed by atoms with van der Waals surface area (Å²) in [6.07, 6.45) is 7.87. The van der Waals surface area contributed by atoms with E-state index in [1.165, 1.54) is 4.90 Å². The highest BCUT2D eigenvalue weighted by Gasteiger charge is 2.61. The number of benzene rings is 2. The Morgan fingerprint density at radius 1 is 0.851 bits per heavy atom. The van der Waals surface area contributed by atoms with Crippen molar-refractivity contribution in [3.05, 3.63) is 124 Å². The number of amides is 2. The minimum Gasteiger partial charge on any atom is -0.390 e. The van der Waals surface area contributed by atoms with Gasteiger partial charge in [0.15, 0.2) is 11.3 Å². The van der Waals surface area contributed by atoms with Gasteiger partial charge in [0, 0.05) is 47.0 Å². The summed E-state index contributed by atoms with van der Waals surface area (Å²) in [5, 5.41) is 20.8. The van der Waals surface area contributed by atoms with Crippen molar-refractivity contribution < 1.29 is 14.7 Å². The lowest BCUT2D eigenvalue weighted by Crippen LogP contribution is -2.66. The second kappa shape index (κ2) is 10.1. The number of imide groups is 1. The van der Waals surface area contributed by atoms with Crippen molar-refractivity contribution in [1.29, 1.82) is 0 Å².